The van der Waals surface area contributed by atoms with Gasteiger partial charge in [0, 0.05) is 13.1 Å². The summed E-state index contributed by atoms with van der Waals surface area (Å²) < 4.78 is 28.1. The molecule has 0 radical (unpaired) electrons. The summed E-state index contributed by atoms with van der Waals surface area (Å²) in [4.78, 5) is 14.4. The molecule has 1 aromatic rings. The molecule has 0 bridgehead atoms. The van der Waals surface area contributed by atoms with Gasteiger partial charge in [0.15, 0.2) is 16.1 Å². The number of amides is 2. The molecule has 0 unspecified atom stereocenters. The van der Waals surface area contributed by atoms with Gasteiger partial charge in [-0.05, 0) is 73.0 Å². The smallest absolute Gasteiger partial charge is 0.423 e. The summed E-state index contributed by atoms with van der Waals surface area (Å²) in [5.74, 6) is 0. The molecule has 1 aromatic carbocycles. The van der Waals surface area contributed by atoms with Gasteiger partial charge in [0.25, 0.3) is 0 Å². The molecule has 1 heterocycles. The van der Waals surface area contributed by atoms with Crippen LogP contribution in [-0.4, -0.2) is 44.2 Å². The average molecular weight is 402 g/mol. The van der Waals surface area contributed by atoms with Crippen molar-refractivity contribution in [3.05, 3.63) is 33.0 Å². The van der Waals surface area contributed by atoms with E-state index in [-0.39, 0.29) is 51.4 Å². The Morgan fingerprint density at radius 2 is 1.73 bits per heavy atom. The minimum atomic E-state index is -3.74. The van der Waals surface area contributed by atoms with Gasteiger partial charge in [-0.2, -0.15) is 0 Å². The maximum absolute atomic E-state index is 12.4. The number of nitrogens with zero attached hydrogens (tertiary/aromatic N) is 2. The van der Waals surface area contributed by atoms with Crippen LogP contribution in [0.1, 0.15) is 42.0 Å². The topological polar surface area (TPSA) is 80.6 Å². The first-order chi connectivity index (χ1) is 12.0. The number of nitrogens with one attached hydrogen (secondary N) is 1. The molecule has 26 heavy (non-hydrogen) atoms. The molecule has 4 rings (SSSR count). The predicted octanol–water partition coefficient (Wildman–Crippen LogP) is -0.392. The second kappa shape index (κ2) is 8.19. The summed E-state index contributed by atoms with van der Waals surface area (Å²) >= 11 is 0. The first-order valence-corrected chi connectivity index (χ1v) is 10.6. The average Bonchev–Trinajstić information content (AvgIpc) is 3.13. The van der Waals surface area contributed by atoms with Crippen LogP contribution in [0.5, 0.6) is 0 Å². The number of carbonyl (C=O) groups is 1. The van der Waals surface area contributed by atoms with Crippen LogP contribution in [0.4, 0.5) is 10.5 Å². The maximum atomic E-state index is 12.4. The van der Waals surface area contributed by atoms with Crippen molar-refractivity contribution in [2.45, 2.75) is 50.7 Å². The molecule has 136 valence electrons. The number of benzene rings is 1. The first-order valence-electron chi connectivity index (χ1n) is 9.14. The third-order valence-corrected chi connectivity index (χ3v) is 7.27. The quantitative estimate of drug-likeness (QED) is 0.697. The molecule has 2 aliphatic carbocycles. The van der Waals surface area contributed by atoms with Crippen molar-refractivity contribution in [2.24, 2.45) is 0 Å². The Morgan fingerprint density at radius 3 is 2.27 bits per heavy atom. The van der Waals surface area contributed by atoms with Crippen LogP contribution in [0.15, 0.2) is 6.07 Å². The van der Waals surface area contributed by atoms with Crippen LogP contribution in [-0.2, 0) is 35.7 Å². The van der Waals surface area contributed by atoms with Crippen LogP contribution in [0.25, 0.3) is 4.72 Å². The molecule has 8 heteroatoms. The molecule has 3 aliphatic rings. The molecule has 0 atom stereocenters. The van der Waals surface area contributed by atoms with Gasteiger partial charge in [-0.1, -0.05) is 13.0 Å². The summed E-state index contributed by atoms with van der Waals surface area (Å²) in [6.45, 7) is 3.74. The van der Waals surface area contributed by atoms with Crippen molar-refractivity contribution in [1.29, 1.82) is 0 Å². The summed E-state index contributed by atoms with van der Waals surface area (Å²) in [5, 5.41) is 2.28. The molecular weight excluding hydrogens is 377 g/mol. The molecule has 1 aliphatic heterocycles. The summed E-state index contributed by atoms with van der Waals surface area (Å²) in [6.07, 6.45) is 6.14. The number of fused-ring (bicyclic) bond motifs is 2. The van der Waals surface area contributed by atoms with Crippen LogP contribution in [0.3, 0.4) is 0 Å². The van der Waals surface area contributed by atoms with E-state index < -0.39 is 21.3 Å². The molecule has 0 saturated carbocycles. The van der Waals surface area contributed by atoms with Crippen LogP contribution in [0, 0.1) is 0 Å². The molecule has 1 fully saturated rings. The van der Waals surface area contributed by atoms with Gasteiger partial charge in [0.1, 0.15) is 0 Å². The number of hydrogen-bond donors (Lipinski definition) is 1. The van der Waals surface area contributed by atoms with Crippen LogP contribution in [0.2, 0.25) is 0 Å². The maximum Gasteiger partial charge on any atom is 1.00 e. The predicted molar refractivity (Wildman–Crippen MR) is 97.7 cm³/mol. The Morgan fingerprint density at radius 1 is 1.15 bits per heavy atom. The van der Waals surface area contributed by atoms with E-state index in [9.17, 15) is 13.2 Å². The molecule has 0 aromatic heterocycles. The Kier molecular flexibility index (Phi) is 6.54. The van der Waals surface area contributed by atoms with Crippen LogP contribution >= 0.6 is 0 Å². The number of rotatable bonds is 4. The number of likely N-dealkylation sites (tertiary alicyclic amines) is 1. The van der Waals surface area contributed by atoms with Crippen molar-refractivity contribution in [3.63, 3.8) is 0 Å². The Labute approximate surface area is 197 Å². The van der Waals surface area contributed by atoms with Gasteiger partial charge in [-0.15, -0.1) is 0 Å². The van der Waals surface area contributed by atoms with Crippen molar-refractivity contribution >= 4 is 21.7 Å². The Hall–Kier alpha value is 0.0364. The second-order valence-corrected chi connectivity index (χ2v) is 9.12. The van der Waals surface area contributed by atoms with E-state index in [4.69, 9.17) is 0 Å². The zero-order chi connectivity index (χ0) is 17.6. The first kappa shape index (κ1) is 20.8. The Balaban J connectivity index is 0.00000196. The fraction of sp³-hybridized carbons (Fsp3) is 0.611. The molecule has 0 spiro atoms. The number of carbonyl (C=O) groups excluding carboxylic acids is 1. The van der Waals surface area contributed by atoms with E-state index in [2.05, 4.69) is 16.1 Å². The van der Waals surface area contributed by atoms with E-state index in [0.717, 1.165) is 50.8 Å². The SMILES string of the molecule is CCN1CC(S(=O)(=O)[N-]C(=O)Nc2c3c(cc4c2CCC4)CCC3)C1.[K+]. The number of hydrogen-bond acceptors (Lipinski definition) is 4. The largest absolute Gasteiger partial charge is 1.00 e. The zero-order valence-electron chi connectivity index (χ0n) is 15.5. The van der Waals surface area contributed by atoms with Gasteiger partial charge in [-0.3, -0.25) is 4.79 Å². The number of sulfonamides is 1. The van der Waals surface area contributed by atoms with Crippen molar-refractivity contribution in [1.82, 2.24) is 4.90 Å². The van der Waals surface area contributed by atoms with E-state index in [1.54, 1.807) is 0 Å². The van der Waals surface area contributed by atoms with Crippen LogP contribution < -0.4 is 56.7 Å². The third-order valence-electron chi connectivity index (χ3n) is 5.71. The second-order valence-electron chi connectivity index (χ2n) is 7.24. The fourth-order valence-electron chi connectivity index (χ4n) is 4.26. The van der Waals surface area contributed by atoms with Crippen molar-refractivity contribution < 1.29 is 64.6 Å². The normalized spacial score (nSPS) is 19.3. The summed E-state index contributed by atoms with van der Waals surface area (Å²) in [7, 11) is -3.74. The van der Waals surface area contributed by atoms with Crippen molar-refractivity contribution in [2.75, 3.05) is 25.0 Å². The monoisotopic (exact) mass is 401 g/mol. The van der Waals surface area contributed by atoms with Crippen molar-refractivity contribution in [3.8, 4) is 0 Å². The standard InChI is InChI=1S/C18H25N3O3S.K/c1-2-21-10-14(11-21)25(23,24)20-18(22)19-17-15-7-3-5-12(15)9-13-6-4-8-16(13)17;/h9,14H,2-8,10-11H2,1H3,(H2,19,20,22);/q;+1/p-1. The van der Waals surface area contributed by atoms with Gasteiger partial charge in [-0.25, -0.2) is 8.42 Å². The molecular formula is C18H24KN3O3S. The van der Waals surface area contributed by atoms with E-state index in [0.29, 0.717) is 13.1 Å². The zero-order valence-corrected chi connectivity index (χ0v) is 19.5. The minimum absolute atomic E-state index is 0. The van der Waals surface area contributed by atoms with Gasteiger partial charge >= 0.3 is 51.4 Å². The third kappa shape index (κ3) is 3.92. The summed E-state index contributed by atoms with van der Waals surface area (Å²) in [6, 6.07) is 1.53. The van der Waals surface area contributed by atoms with Gasteiger partial charge in [0.2, 0.25) is 0 Å². The van der Waals surface area contributed by atoms with Gasteiger partial charge < -0.3 is 14.9 Å². The molecule has 1 N–H and O–H groups in total. The number of anilines is 1. The van der Waals surface area contributed by atoms with Gasteiger partial charge in [0.05, 0.1) is 5.25 Å². The molecule has 1 saturated heterocycles. The molecule has 6 nitrogen and oxygen atoms in total. The minimum Gasteiger partial charge on any atom is -0.423 e. The number of aryl methyl sites for hydroxylation is 2. The molecule has 2 amide bonds. The Bertz CT molecular complexity index is 787. The number of urea groups is 1. The fourth-order valence-corrected chi connectivity index (χ4v) is 5.48. The van der Waals surface area contributed by atoms with E-state index in [1.165, 1.54) is 22.3 Å². The van der Waals surface area contributed by atoms with E-state index in [1.807, 2.05) is 11.8 Å². The van der Waals surface area contributed by atoms with E-state index >= 15 is 0 Å². The summed E-state index contributed by atoms with van der Waals surface area (Å²) in [5.41, 5.74) is 5.81.